The molecule has 4 rings (SSSR count). The van der Waals surface area contributed by atoms with Gasteiger partial charge in [-0.25, -0.2) is 0 Å². The van der Waals surface area contributed by atoms with Gasteiger partial charge in [-0.1, -0.05) is 12.1 Å². The number of methoxy groups -OCH3 is 6. The number of hydrogen-bond donors (Lipinski definition) is 0. The first-order chi connectivity index (χ1) is 20.3. The van der Waals surface area contributed by atoms with Gasteiger partial charge < -0.3 is 28.4 Å². The van der Waals surface area contributed by atoms with Crippen molar-refractivity contribution in [2.45, 2.75) is 13.8 Å². The predicted molar refractivity (Wildman–Crippen MR) is 168 cm³/mol. The summed E-state index contributed by atoms with van der Waals surface area (Å²) in [6, 6.07) is 19.9. The van der Waals surface area contributed by atoms with Crippen molar-refractivity contribution < 1.29 is 28.4 Å². The van der Waals surface area contributed by atoms with E-state index in [0.717, 1.165) is 44.8 Å². The minimum absolute atomic E-state index is 0.547. The van der Waals surface area contributed by atoms with Crippen LogP contribution in [0.4, 0.5) is 11.4 Å². The number of ether oxygens (including phenoxy) is 6. The highest BCUT2D eigenvalue weighted by Crippen LogP contribution is 2.39. The van der Waals surface area contributed by atoms with E-state index in [-0.39, 0.29) is 0 Å². The van der Waals surface area contributed by atoms with Gasteiger partial charge in [0.15, 0.2) is 23.0 Å². The standard InChI is InChI=1S/C34H36N2O6/c1-21-13-25(9-11-27(21)35-19-23-15-29(37-3)33(41-7)30(16-23)38-4)26-10-12-28(22(2)14-26)36-20-24-17-31(39-5)34(42-8)32(18-24)40-6/h9-20H,1-8H3. The van der Waals surface area contributed by atoms with Gasteiger partial charge in [0, 0.05) is 23.6 Å². The van der Waals surface area contributed by atoms with Gasteiger partial charge in [0.25, 0.3) is 0 Å². The Labute approximate surface area is 247 Å². The summed E-state index contributed by atoms with van der Waals surface area (Å²) >= 11 is 0. The molecule has 0 atom stereocenters. The molecule has 0 fully saturated rings. The van der Waals surface area contributed by atoms with Gasteiger partial charge in [0.05, 0.1) is 54.0 Å². The first-order valence-corrected chi connectivity index (χ1v) is 13.3. The minimum atomic E-state index is 0.547. The molecule has 0 unspecified atom stereocenters. The van der Waals surface area contributed by atoms with Crippen LogP contribution in [0.5, 0.6) is 34.5 Å². The first-order valence-electron chi connectivity index (χ1n) is 13.3. The van der Waals surface area contributed by atoms with E-state index in [1.165, 1.54) is 0 Å². The third kappa shape index (κ3) is 6.49. The number of nitrogens with zero attached hydrogens (tertiary/aromatic N) is 2. The molecule has 0 bridgehead atoms. The average Bonchev–Trinajstić information content (AvgIpc) is 3.02. The summed E-state index contributed by atoms with van der Waals surface area (Å²) in [6.07, 6.45) is 3.58. The lowest BCUT2D eigenvalue weighted by Crippen LogP contribution is -1.96. The van der Waals surface area contributed by atoms with E-state index >= 15 is 0 Å². The van der Waals surface area contributed by atoms with Crippen molar-refractivity contribution in [3.8, 4) is 45.6 Å². The molecule has 0 saturated heterocycles. The van der Waals surface area contributed by atoms with Gasteiger partial charge in [-0.15, -0.1) is 0 Å². The van der Waals surface area contributed by atoms with Gasteiger partial charge in [0.1, 0.15) is 0 Å². The molecule has 4 aromatic rings. The summed E-state index contributed by atoms with van der Waals surface area (Å²) in [5, 5.41) is 0. The highest BCUT2D eigenvalue weighted by Gasteiger charge is 2.14. The second kappa shape index (κ2) is 13.6. The van der Waals surface area contributed by atoms with Gasteiger partial charge in [-0.3, -0.25) is 9.98 Å². The summed E-state index contributed by atoms with van der Waals surface area (Å²) in [6.45, 7) is 4.10. The molecule has 8 heteroatoms. The molecule has 4 aromatic carbocycles. The Hall–Kier alpha value is -4.98. The summed E-state index contributed by atoms with van der Waals surface area (Å²) in [5.74, 6) is 3.42. The van der Waals surface area contributed by atoms with Gasteiger partial charge >= 0.3 is 0 Å². The van der Waals surface area contributed by atoms with Crippen LogP contribution in [0.3, 0.4) is 0 Å². The van der Waals surface area contributed by atoms with Crippen LogP contribution in [-0.2, 0) is 0 Å². The molecular weight excluding hydrogens is 532 g/mol. The highest BCUT2D eigenvalue weighted by molar-refractivity contribution is 5.86. The van der Waals surface area contributed by atoms with Crippen LogP contribution in [-0.4, -0.2) is 55.1 Å². The second-order valence-electron chi connectivity index (χ2n) is 9.44. The van der Waals surface area contributed by atoms with Crippen molar-refractivity contribution in [1.82, 2.24) is 0 Å². The maximum atomic E-state index is 5.45. The van der Waals surface area contributed by atoms with Crippen LogP contribution in [0.1, 0.15) is 22.3 Å². The maximum Gasteiger partial charge on any atom is 0.203 e. The molecule has 0 aliphatic rings. The van der Waals surface area contributed by atoms with Gasteiger partial charge in [-0.2, -0.15) is 0 Å². The fourth-order valence-electron chi connectivity index (χ4n) is 4.60. The number of hydrogen-bond acceptors (Lipinski definition) is 8. The zero-order valence-electron chi connectivity index (χ0n) is 25.3. The Kier molecular flexibility index (Phi) is 9.70. The van der Waals surface area contributed by atoms with E-state index in [1.807, 2.05) is 50.2 Å². The zero-order chi connectivity index (χ0) is 30.2. The molecule has 8 nitrogen and oxygen atoms in total. The molecule has 218 valence electrons. The number of aryl methyl sites for hydroxylation is 2. The van der Waals surface area contributed by atoms with E-state index in [1.54, 1.807) is 55.1 Å². The molecular formula is C34H36N2O6. The van der Waals surface area contributed by atoms with Gasteiger partial charge in [-0.05, 0) is 84.6 Å². The fraction of sp³-hybridized carbons (Fsp3) is 0.235. The van der Waals surface area contributed by atoms with Crippen molar-refractivity contribution >= 4 is 23.8 Å². The SMILES string of the molecule is COc1cc(C=Nc2ccc(-c3ccc(N=Cc4cc(OC)c(OC)c(OC)c4)c(C)c3)cc2C)cc(OC)c1OC. The third-order valence-electron chi connectivity index (χ3n) is 6.81. The lowest BCUT2D eigenvalue weighted by molar-refractivity contribution is 0.324. The molecule has 0 aromatic heterocycles. The summed E-state index contributed by atoms with van der Waals surface area (Å²) in [7, 11) is 9.54. The summed E-state index contributed by atoms with van der Waals surface area (Å²) in [4.78, 5) is 9.43. The first kappa shape index (κ1) is 30.0. The van der Waals surface area contributed by atoms with Crippen LogP contribution < -0.4 is 28.4 Å². The average molecular weight is 569 g/mol. The number of benzene rings is 4. The molecule has 42 heavy (non-hydrogen) atoms. The quantitative estimate of drug-likeness (QED) is 0.174. The van der Waals surface area contributed by atoms with Crippen molar-refractivity contribution in [3.05, 3.63) is 82.9 Å². The van der Waals surface area contributed by atoms with E-state index < -0.39 is 0 Å². The predicted octanol–water partition coefficient (Wildman–Crippen LogP) is 7.52. The lowest BCUT2D eigenvalue weighted by atomic mass is 10.00. The minimum Gasteiger partial charge on any atom is -0.493 e. The number of rotatable bonds is 11. The van der Waals surface area contributed by atoms with Crippen LogP contribution in [0, 0.1) is 13.8 Å². The molecule has 0 aliphatic carbocycles. The van der Waals surface area contributed by atoms with E-state index in [4.69, 9.17) is 38.4 Å². The van der Waals surface area contributed by atoms with Gasteiger partial charge in [0.2, 0.25) is 11.5 Å². The highest BCUT2D eigenvalue weighted by atomic mass is 16.5. The van der Waals surface area contributed by atoms with Crippen LogP contribution in [0.2, 0.25) is 0 Å². The monoisotopic (exact) mass is 568 g/mol. The Morgan fingerprint density at radius 2 is 0.786 bits per heavy atom. The van der Waals surface area contributed by atoms with Crippen molar-refractivity contribution in [2.75, 3.05) is 42.7 Å². The van der Waals surface area contributed by atoms with Crippen molar-refractivity contribution in [2.24, 2.45) is 9.98 Å². The molecule has 0 saturated carbocycles. The molecule has 0 aliphatic heterocycles. The van der Waals surface area contributed by atoms with Crippen LogP contribution in [0.25, 0.3) is 11.1 Å². The smallest absolute Gasteiger partial charge is 0.203 e. The van der Waals surface area contributed by atoms with Crippen molar-refractivity contribution in [3.63, 3.8) is 0 Å². The number of aliphatic imine (C=N–C) groups is 2. The van der Waals surface area contributed by atoms with E-state index in [0.29, 0.717) is 34.5 Å². The summed E-state index contributed by atoms with van der Waals surface area (Å²) in [5.41, 5.74) is 7.73. The second-order valence-corrected chi connectivity index (χ2v) is 9.44. The van der Waals surface area contributed by atoms with Crippen LogP contribution >= 0.6 is 0 Å². The summed E-state index contributed by atoms with van der Waals surface area (Å²) < 4.78 is 32.6. The molecule has 0 N–H and O–H groups in total. The molecule has 0 heterocycles. The van der Waals surface area contributed by atoms with Crippen molar-refractivity contribution in [1.29, 1.82) is 0 Å². The molecule has 0 amide bonds. The largest absolute Gasteiger partial charge is 0.493 e. The fourth-order valence-corrected chi connectivity index (χ4v) is 4.60. The molecule has 0 radical (unpaired) electrons. The van der Waals surface area contributed by atoms with Crippen LogP contribution in [0.15, 0.2) is 70.6 Å². The normalized spacial score (nSPS) is 11.1. The Morgan fingerprint density at radius 1 is 0.452 bits per heavy atom. The Bertz CT molecular complexity index is 1460. The third-order valence-corrected chi connectivity index (χ3v) is 6.81. The Morgan fingerprint density at radius 3 is 1.05 bits per heavy atom. The topological polar surface area (TPSA) is 80.1 Å². The Balaban J connectivity index is 1.55. The van der Waals surface area contributed by atoms with E-state index in [2.05, 4.69) is 24.3 Å². The molecule has 0 spiro atoms. The maximum absolute atomic E-state index is 5.45. The van der Waals surface area contributed by atoms with E-state index in [9.17, 15) is 0 Å². The zero-order valence-corrected chi connectivity index (χ0v) is 25.3. The lowest BCUT2D eigenvalue weighted by Gasteiger charge is -2.13.